The number of carbonyl (C=O) groups excluding carboxylic acids is 1. The highest BCUT2D eigenvalue weighted by Crippen LogP contribution is 2.29. The molecule has 2 unspecified atom stereocenters. The van der Waals surface area contributed by atoms with Crippen LogP contribution >= 0.6 is 11.6 Å². The summed E-state index contributed by atoms with van der Waals surface area (Å²) in [6.45, 7) is 0. The second-order valence-electron chi connectivity index (χ2n) is 6.04. The normalized spacial score (nSPS) is 28.4. The standard InChI is InChI=1S/C16H21ClN2O/c1-19(14-9-12-6-7-13(10-14)18-12)16(20)8-11-4-2-3-5-15(11)17/h2-5,12-14,18H,6-10H2,1H3. The van der Waals surface area contributed by atoms with Crippen molar-refractivity contribution in [3.8, 4) is 0 Å². The third-order valence-electron chi connectivity index (χ3n) is 4.69. The number of benzene rings is 1. The first-order chi connectivity index (χ1) is 9.63. The van der Waals surface area contributed by atoms with Gasteiger partial charge in [-0.3, -0.25) is 4.79 Å². The van der Waals surface area contributed by atoms with Crippen LogP contribution in [-0.4, -0.2) is 36.0 Å². The highest BCUT2D eigenvalue weighted by molar-refractivity contribution is 6.31. The van der Waals surface area contributed by atoms with E-state index in [4.69, 9.17) is 11.6 Å². The average molecular weight is 293 g/mol. The Hall–Kier alpha value is -1.06. The van der Waals surface area contributed by atoms with Crippen molar-refractivity contribution in [2.75, 3.05) is 7.05 Å². The summed E-state index contributed by atoms with van der Waals surface area (Å²) in [4.78, 5) is 14.4. The van der Waals surface area contributed by atoms with Crippen LogP contribution in [0.25, 0.3) is 0 Å². The lowest BCUT2D eigenvalue weighted by atomic mass is 9.98. The Bertz CT molecular complexity index is 493. The van der Waals surface area contributed by atoms with Crippen LogP contribution < -0.4 is 5.32 Å². The summed E-state index contributed by atoms with van der Waals surface area (Å²) in [7, 11) is 1.94. The van der Waals surface area contributed by atoms with Crippen molar-refractivity contribution in [2.24, 2.45) is 0 Å². The highest BCUT2D eigenvalue weighted by atomic mass is 35.5. The van der Waals surface area contributed by atoms with Gasteiger partial charge >= 0.3 is 0 Å². The van der Waals surface area contributed by atoms with E-state index in [1.807, 2.05) is 36.2 Å². The first kappa shape index (κ1) is 13.9. The van der Waals surface area contributed by atoms with Crippen molar-refractivity contribution in [3.05, 3.63) is 34.9 Å². The predicted molar refractivity (Wildman–Crippen MR) is 80.9 cm³/mol. The van der Waals surface area contributed by atoms with E-state index < -0.39 is 0 Å². The van der Waals surface area contributed by atoms with Gasteiger partial charge in [0, 0.05) is 30.2 Å². The second kappa shape index (κ2) is 5.74. The quantitative estimate of drug-likeness (QED) is 0.929. The molecule has 2 bridgehead atoms. The van der Waals surface area contributed by atoms with Crippen LogP contribution in [0, 0.1) is 0 Å². The first-order valence-electron chi connectivity index (χ1n) is 7.38. The number of likely N-dealkylation sites (N-methyl/N-ethyl adjacent to an activating group) is 1. The molecule has 1 aromatic carbocycles. The summed E-state index contributed by atoms with van der Waals surface area (Å²) in [6.07, 6.45) is 5.08. The number of hydrogen-bond acceptors (Lipinski definition) is 2. The van der Waals surface area contributed by atoms with Crippen LogP contribution in [0.5, 0.6) is 0 Å². The molecule has 4 heteroatoms. The molecule has 2 saturated heterocycles. The monoisotopic (exact) mass is 292 g/mol. The summed E-state index contributed by atoms with van der Waals surface area (Å²) < 4.78 is 0. The maximum absolute atomic E-state index is 12.4. The molecule has 0 radical (unpaired) electrons. The van der Waals surface area contributed by atoms with Gasteiger partial charge in [-0.25, -0.2) is 0 Å². The number of hydrogen-bond donors (Lipinski definition) is 1. The third kappa shape index (κ3) is 2.84. The first-order valence-corrected chi connectivity index (χ1v) is 7.76. The van der Waals surface area contributed by atoms with Gasteiger partial charge in [0.15, 0.2) is 0 Å². The average Bonchev–Trinajstić information content (AvgIpc) is 2.79. The summed E-state index contributed by atoms with van der Waals surface area (Å²) in [6, 6.07) is 9.19. The zero-order chi connectivity index (χ0) is 14.1. The van der Waals surface area contributed by atoms with Crippen molar-refractivity contribution in [1.29, 1.82) is 0 Å². The molecular weight excluding hydrogens is 272 g/mol. The van der Waals surface area contributed by atoms with E-state index in [-0.39, 0.29) is 5.91 Å². The number of rotatable bonds is 3. The van der Waals surface area contributed by atoms with Crippen LogP contribution in [0.15, 0.2) is 24.3 Å². The lowest BCUT2D eigenvalue weighted by molar-refractivity contribution is -0.131. The smallest absolute Gasteiger partial charge is 0.227 e. The van der Waals surface area contributed by atoms with Gasteiger partial charge in [-0.05, 0) is 37.3 Å². The lowest BCUT2D eigenvalue weighted by Gasteiger charge is -2.35. The molecule has 0 aliphatic carbocycles. The molecule has 2 aliphatic rings. The van der Waals surface area contributed by atoms with Gasteiger partial charge < -0.3 is 10.2 Å². The molecule has 108 valence electrons. The molecular formula is C16H21ClN2O. The van der Waals surface area contributed by atoms with E-state index in [0.717, 1.165) is 18.4 Å². The highest BCUT2D eigenvalue weighted by Gasteiger charge is 2.36. The van der Waals surface area contributed by atoms with Gasteiger partial charge in [-0.2, -0.15) is 0 Å². The number of piperidine rings is 1. The molecule has 1 N–H and O–H groups in total. The SMILES string of the molecule is CN(C(=O)Cc1ccccc1Cl)C1CC2CCC(C1)N2. The van der Waals surface area contributed by atoms with Crippen molar-refractivity contribution < 1.29 is 4.79 Å². The Morgan fingerprint density at radius 3 is 2.60 bits per heavy atom. The number of carbonyl (C=O) groups is 1. The second-order valence-corrected chi connectivity index (χ2v) is 6.44. The zero-order valence-electron chi connectivity index (χ0n) is 11.8. The fourth-order valence-corrected chi connectivity index (χ4v) is 3.68. The molecule has 2 fully saturated rings. The Balaban J connectivity index is 1.63. The minimum absolute atomic E-state index is 0.171. The Morgan fingerprint density at radius 2 is 1.95 bits per heavy atom. The van der Waals surface area contributed by atoms with Gasteiger partial charge in [0.25, 0.3) is 0 Å². The van der Waals surface area contributed by atoms with E-state index in [2.05, 4.69) is 5.32 Å². The van der Waals surface area contributed by atoms with E-state index in [0.29, 0.717) is 29.6 Å². The van der Waals surface area contributed by atoms with Crippen molar-refractivity contribution >= 4 is 17.5 Å². The molecule has 2 heterocycles. The topological polar surface area (TPSA) is 32.3 Å². The fraction of sp³-hybridized carbons (Fsp3) is 0.562. The number of fused-ring (bicyclic) bond motifs is 2. The third-order valence-corrected chi connectivity index (χ3v) is 5.06. The largest absolute Gasteiger partial charge is 0.342 e. The van der Waals surface area contributed by atoms with Gasteiger partial charge in [-0.15, -0.1) is 0 Å². The summed E-state index contributed by atoms with van der Waals surface area (Å²) >= 11 is 6.13. The molecule has 0 spiro atoms. The molecule has 1 amide bonds. The zero-order valence-corrected chi connectivity index (χ0v) is 12.6. The van der Waals surface area contributed by atoms with Crippen LogP contribution in [0.4, 0.5) is 0 Å². The molecule has 3 nitrogen and oxygen atoms in total. The molecule has 1 aromatic rings. The maximum Gasteiger partial charge on any atom is 0.227 e. The minimum atomic E-state index is 0.171. The van der Waals surface area contributed by atoms with E-state index >= 15 is 0 Å². The molecule has 20 heavy (non-hydrogen) atoms. The van der Waals surface area contributed by atoms with E-state index in [9.17, 15) is 4.79 Å². The molecule has 0 saturated carbocycles. The number of nitrogens with one attached hydrogen (secondary N) is 1. The Labute approximate surface area is 125 Å². The maximum atomic E-state index is 12.4. The Morgan fingerprint density at radius 1 is 1.30 bits per heavy atom. The summed E-state index contributed by atoms with van der Waals surface area (Å²) in [5, 5.41) is 4.29. The fourth-order valence-electron chi connectivity index (χ4n) is 3.48. The van der Waals surface area contributed by atoms with Gasteiger partial charge in [0.1, 0.15) is 0 Å². The van der Waals surface area contributed by atoms with Crippen LogP contribution in [0.1, 0.15) is 31.2 Å². The van der Waals surface area contributed by atoms with E-state index in [1.165, 1.54) is 12.8 Å². The summed E-state index contributed by atoms with van der Waals surface area (Å²) in [5.74, 6) is 0.171. The number of halogens is 1. The molecule has 2 aliphatic heterocycles. The molecule has 3 rings (SSSR count). The Kier molecular flexibility index (Phi) is 3.99. The van der Waals surface area contributed by atoms with Gasteiger partial charge in [0.05, 0.1) is 6.42 Å². The van der Waals surface area contributed by atoms with Crippen molar-refractivity contribution in [3.63, 3.8) is 0 Å². The molecule has 2 atom stereocenters. The molecule has 0 aromatic heterocycles. The van der Waals surface area contributed by atoms with Gasteiger partial charge in [-0.1, -0.05) is 29.8 Å². The lowest BCUT2D eigenvalue weighted by Crippen LogP contribution is -2.49. The van der Waals surface area contributed by atoms with E-state index in [1.54, 1.807) is 0 Å². The predicted octanol–water partition coefficient (Wildman–Crippen LogP) is 2.62. The van der Waals surface area contributed by atoms with Crippen molar-refractivity contribution in [1.82, 2.24) is 10.2 Å². The van der Waals surface area contributed by atoms with Crippen molar-refractivity contribution in [2.45, 2.75) is 50.2 Å². The number of nitrogens with zero attached hydrogens (tertiary/aromatic N) is 1. The van der Waals surface area contributed by atoms with Crippen LogP contribution in [0.3, 0.4) is 0 Å². The van der Waals surface area contributed by atoms with Crippen LogP contribution in [0.2, 0.25) is 5.02 Å². The number of amides is 1. The van der Waals surface area contributed by atoms with Gasteiger partial charge in [0.2, 0.25) is 5.91 Å². The summed E-state index contributed by atoms with van der Waals surface area (Å²) in [5.41, 5.74) is 0.919. The minimum Gasteiger partial charge on any atom is -0.342 e. The van der Waals surface area contributed by atoms with Crippen LogP contribution in [-0.2, 0) is 11.2 Å².